The molecule has 0 bridgehead atoms. The molecule has 0 fully saturated rings. The Bertz CT molecular complexity index is 71.6. The molecule has 0 unspecified atom stereocenters. The van der Waals surface area contributed by atoms with Gasteiger partial charge in [-0.1, -0.05) is 6.04 Å². The Hall–Kier alpha value is 0.314. The summed E-state index contributed by atoms with van der Waals surface area (Å²) < 4.78 is 10.1. The van der Waals surface area contributed by atoms with Crippen LogP contribution in [0.3, 0.4) is 0 Å². The second-order valence-electron chi connectivity index (χ2n) is 2.19. The number of ether oxygens (including phenoxy) is 2. The average molecular weight is 195 g/mol. The van der Waals surface area contributed by atoms with Crippen molar-refractivity contribution in [2.45, 2.75) is 18.4 Å². The van der Waals surface area contributed by atoms with E-state index in [0.717, 1.165) is 13.0 Å². The Morgan fingerprint density at radius 1 is 1.36 bits per heavy atom. The molecule has 0 aliphatic heterocycles. The maximum absolute atomic E-state index is 5.34. The topological polar surface area (TPSA) is 44.5 Å². The summed E-state index contributed by atoms with van der Waals surface area (Å²) in [6, 6.07) is 1.21. The van der Waals surface area contributed by atoms with E-state index in [2.05, 4.69) is 0 Å². The zero-order valence-corrected chi connectivity index (χ0v) is 8.21. The van der Waals surface area contributed by atoms with Gasteiger partial charge >= 0.3 is 0 Å². The minimum absolute atomic E-state index is 0. The van der Waals surface area contributed by atoms with E-state index in [0.29, 0.717) is 0 Å². The zero-order chi connectivity index (χ0) is 7.82. The molecule has 0 spiro atoms. The molecule has 0 heterocycles. The van der Waals surface area contributed by atoms with E-state index >= 15 is 0 Å². The van der Waals surface area contributed by atoms with Crippen molar-refractivity contribution in [2.75, 3.05) is 20.8 Å². The van der Waals surface area contributed by atoms with E-state index in [4.69, 9.17) is 15.2 Å². The lowest BCUT2D eigenvalue weighted by molar-refractivity contribution is -0.0441. The monoisotopic (exact) mass is 195 g/mol. The third kappa shape index (κ3) is 8.22. The number of hydrogen-bond donors (Lipinski definition) is 1. The Balaban J connectivity index is 0. The van der Waals surface area contributed by atoms with Crippen LogP contribution in [0.4, 0.5) is 0 Å². The lowest BCUT2D eigenvalue weighted by Gasteiger charge is -2.11. The number of rotatable bonds is 6. The van der Waals surface area contributed by atoms with E-state index in [9.17, 15) is 0 Å². The summed E-state index contributed by atoms with van der Waals surface area (Å²) in [6.45, 7) is 0.785. The van der Waals surface area contributed by atoms with E-state index < -0.39 is 0 Å². The van der Waals surface area contributed by atoms with Gasteiger partial charge in [-0.05, 0) is 23.9 Å². The standard InChI is InChI=1S/C6H17NO2Si.H4Si/c1-8-6(9-2)10-5-3-4-7;/h6H,3-5,7,10H2,1-2H3;1H4. The third-order valence-corrected chi connectivity index (χ3v) is 3.47. The molecule has 3 nitrogen and oxygen atoms in total. The van der Waals surface area contributed by atoms with Crippen molar-refractivity contribution in [2.24, 2.45) is 5.73 Å². The Morgan fingerprint density at radius 2 is 1.91 bits per heavy atom. The van der Waals surface area contributed by atoms with Gasteiger partial charge in [-0.15, -0.1) is 0 Å². The molecule has 0 saturated carbocycles. The van der Waals surface area contributed by atoms with Crippen LogP contribution in [0, 0.1) is 0 Å². The van der Waals surface area contributed by atoms with Gasteiger partial charge in [0.1, 0.15) is 5.91 Å². The van der Waals surface area contributed by atoms with Crippen LogP contribution in [0.5, 0.6) is 0 Å². The minimum atomic E-state index is -0.210. The zero-order valence-electron chi connectivity index (χ0n) is 6.80. The lowest BCUT2D eigenvalue weighted by atomic mass is 10.5. The lowest BCUT2D eigenvalue weighted by Crippen LogP contribution is -2.21. The highest BCUT2D eigenvalue weighted by Crippen LogP contribution is 1.94. The second kappa shape index (κ2) is 10.3. The molecule has 0 aliphatic rings. The predicted octanol–water partition coefficient (Wildman–Crippen LogP) is -1.95. The number of nitrogens with two attached hydrogens (primary N) is 1. The van der Waals surface area contributed by atoms with Crippen LogP contribution in [-0.4, -0.2) is 47.2 Å². The molecule has 0 aromatic carbocycles. The third-order valence-electron chi connectivity index (χ3n) is 1.42. The second-order valence-corrected chi connectivity index (χ2v) is 4.14. The molecular formula is C6H21NO2Si2. The summed E-state index contributed by atoms with van der Waals surface area (Å²) in [5, 5.41) is 0. The van der Waals surface area contributed by atoms with Crippen molar-refractivity contribution in [3.8, 4) is 0 Å². The molecular weight excluding hydrogens is 174 g/mol. The van der Waals surface area contributed by atoms with Crippen LogP contribution in [0.25, 0.3) is 0 Å². The average Bonchev–Trinajstić information content (AvgIpc) is 1.99. The highest BCUT2D eigenvalue weighted by molar-refractivity contribution is 6.36. The first kappa shape index (κ1) is 13.9. The van der Waals surface area contributed by atoms with Crippen LogP contribution in [0.2, 0.25) is 6.04 Å². The molecule has 70 valence electrons. The summed E-state index contributed by atoms with van der Waals surface area (Å²) in [4.78, 5) is 0. The van der Waals surface area contributed by atoms with Crippen molar-refractivity contribution in [1.29, 1.82) is 0 Å². The smallest absolute Gasteiger partial charge is 0.134 e. The van der Waals surface area contributed by atoms with E-state index in [1.807, 2.05) is 0 Å². The maximum atomic E-state index is 5.34. The van der Waals surface area contributed by atoms with E-state index in [1.165, 1.54) is 6.04 Å². The van der Waals surface area contributed by atoms with Gasteiger partial charge in [-0.3, -0.25) is 0 Å². The molecule has 11 heavy (non-hydrogen) atoms. The van der Waals surface area contributed by atoms with Gasteiger partial charge in [-0.25, -0.2) is 0 Å². The van der Waals surface area contributed by atoms with Crippen LogP contribution < -0.4 is 5.73 Å². The highest BCUT2D eigenvalue weighted by atomic mass is 28.2. The van der Waals surface area contributed by atoms with Crippen LogP contribution in [0.15, 0.2) is 0 Å². The Morgan fingerprint density at radius 3 is 2.27 bits per heavy atom. The summed E-state index contributed by atoms with van der Waals surface area (Å²) in [7, 11) is 3.16. The molecule has 0 aromatic rings. The summed E-state index contributed by atoms with van der Waals surface area (Å²) >= 11 is 0. The van der Waals surface area contributed by atoms with Gasteiger partial charge in [0.2, 0.25) is 0 Å². The van der Waals surface area contributed by atoms with E-state index in [-0.39, 0.29) is 26.4 Å². The van der Waals surface area contributed by atoms with Gasteiger partial charge in [0.15, 0.2) is 0 Å². The van der Waals surface area contributed by atoms with Crippen LogP contribution in [0.1, 0.15) is 6.42 Å². The first-order chi connectivity index (χ1) is 4.85. The quantitative estimate of drug-likeness (QED) is 0.304. The van der Waals surface area contributed by atoms with Crippen molar-refractivity contribution in [3.05, 3.63) is 0 Å². The van der Waals surface area contributed by atoms with E-state index in [1.54, 1.807) is 14.2 Å². The minimum Gasteiger partial charge on any atom is -0.360 e. The maximum Gasteiger partial charge on any atom is 0.134 e. The van der Waals surface area contributed by atoms with Crippen molar-refractivity contribution >= 4 is 20.5 Å². The molecule has 0 rings (SSSR count). The van der Waals surface area contributed by atoms with Crippen molar-refractivity contribution < 1.29 is 9.47 Å². The van der Waals surface area contributed by atoms with Crippen LogP contribution in [-0.2, 0) is 9.47 Å². The molecule has 2 N–H and O–H groups in total. The van der Waals surface area contributed by atoms with Gasteiger partial charge in [0.25, 0.3) is 0 Å². The largest absolute Gasteiger partial charge is 0.360 e. The number of methoxy groups -OCH3 is 2. The van der Waals surface area contributed by atoms with Gasteiger partial charge in [-0.2, -0.15) is 0 Å². The van der Waals surface area contributed by atoms with Gasteiger partial charge in [0.05, 0.1) is 9.52 Å². The van der Waals surface area contributed by atoms with Crippen molar-refractivity contribution in [3.63, 3.8) is 0 Å². The van der Waals surface area contributed by atoms with Crippen molar-refractivity contribution in [1.82, 2.24) is 0 Å². The van der Waals surface area contributed by atoms with Gasteiger partial charge < -0.3 is 15.2 Å². The first-order valence-electron chi connectivity index (χ1n) is 3.60. The van der Waals surface area contributed by atoms with Gasteiger partial charge in [0, 0.05) is 14.2 Å². The molecule has 0 atom stereocenters. The molecule has 0 aliphatic carbocycles. The first-order valence-corrected chi connectivity index (χ1v) is 5.42. The predicted molar refractivity (Wildman–Crippen MR) is 56.2 cm³/mol. The SMILES string of the molecule is COC(OC)[SiH2]CCCN.[SiH4]. The summed E-state index contributed by atoms with van der Waals surface area (Å²) in [5.74, 6) is 0.0894. The molecule has 5 heteroatoms. The summed E-state index contributed by atoms with van der Waals surface area (Å²) in [6.07, 6.45) is 1.11. The highest BCUT2D eigenvalue weighted by Gasteiger charge is 2.03. The fraction of sp³-hybridized carbons (Fsp3) is 1.00. The summed E-state index contributed by atoms with van der Waals surface area (Å²) in [5.41, 5.74) is 5.34. The molecule has 0 saturated heterocycles. The Labute approximate surface area is 75.5 Å². The molecule has 0 amide bonds. The fourth-order valence-electron chi connectivity index (χ4n) is 0.787. The fourth-order valence-corrected chi connectivity index (χ4v) is 2.17. The number of hydrogen-bond acceptors (Lipinski definition) is 3. The van der Waals surface area contributed by atoms with Crippen LogP contribution >= 0.6 is 0 Å². The molecule has 0 radical (unpaired) electrons. The molecule has 0 aromatic heterocycles. The Kier molecular flexibility index (Phi) is 13.0. The normalized spacial score (nSPS) is 10.9.